The van der Waals surface area contributed by atoms with Crippen molar-refractivity contribution in [1.82, 2.24) is 15.3 Å². The van der Waals surface area contributed by atoms with E-state index in [0.717, 1.165) is 11.0 Å². The summed E-state index contributed by atoms with van der Waals surface area (Å²) in [5, 5.41) is 2.70. The maximum absolute atomic E-state index is 11.2. The van der Waals surface area contributed by atoms with Crippen LogP contribution in [0.1, 0.15) is 6.42 Å². The van der Waals surface area contributed by atoms with Gasteiger partial charge in [0.25, 0.3) is 0 Å². The molecule has 2 aromatic rings. The summed E-state index contributed by atoms with van der Waals surface area (Å²) in [5.41, 5.74) is 12.8. The van der Waals surface area contributed by atoms with Gasteiger partial charge in [-0.2, -0.15) is 0 Å². The largest absolute Gasteiger partial charge is 0.399 e. The number of carbonyl (C=O) groups excluding carboxylic acids is 2. The molecule has 1 aromatic carbocycles. The van der Waals surface area contributed by atoms with Crippen LogP contribution in [0.5, 0.6) is 0 Å². The quantitative estimate of drug-likeness (QED) is 0.487. The maximum Gasteiger partial charge on any atom is 0.318 e. The smallest absolute Gasteiger partial charge is 0.318 e. The van der Waals surface area contributed by atoms with Crippen molar-refractivity contribution < 1.29 is 9.59 Å². The average Bonchev–Trinajstić information content (AvgIpc) is 2.69. The number of carbonyl (C=O) groups is 2. The van der Waals surface area contributed by atoms with Crippen molar-refractivity contribution >= 4 is 40.4 Å². The van der Waals surface area contributed by atoms with E-state index in [1.165, 1.54) is 11.8 Å². The van der Waals surface area contributed by atoms with E-state index in [1.54, 1.807) is 12.1 Å². The van der Waals surface area contributed by atoms with Crippen LogP contribution in [0, 0.1) is 0 Å². The minimum atomic E-state index is -0.839. The number of rotatable bonds is 4. The summed E-state index contributed by atoms with van der Waals surface area (Å²) in [6.07, 6.45) is 0.187. The zero-order valence-electron chi connectivity index (χ0n) is 9.97. The third-order valence-corrected chi connectivity index (χ3v) is 3.19. The minimum Gasteiger partial charge on any atom is -0.399 e. The number of nitrogens with one attached hydrogen (secondary N) is 2. The molecule has 0 saturated heterocycles. The third kappa shape index (κ3) is 3.62. The molecule has 1 aromatic heterocycles. The first-order chi connectivity index (χ1) is 9.04. The number of aromatic nitrogens is 2. The zero-order valence-corrected chi connectivity index (χ0v) is 10.8. The Morgan fingerprint density at radius 2 is 2.21 bits per heavy atom. The van der Waals surface area contributed by atoms with Gasteiger partial charge in [-0.15, -0.1) is 0 Å². The number of nitrogens with two attached hydrogens (primary N) is 2. The van der Waals surface area contributed by atoms with Crippen molar-refractivity contribution in [3.8, 4) is 0 Å². The predicted molar refractivity (Wildman–Crippen MR) is 73.6 cm³/mol. The molecule has 0 saturated carbocycles. The van der Waals surface area contributed by atoms with E-state index < -0.39 is 11.9 Å². The zero-order chi connectivity index (χ0) is 13.8. The molecule has 1 heterocycles. The summed E-state index contributed by atoms with van der Waals surface area (Å²) < 4.78 is 0. The lowest BCUT2D eigenvalue weighted by Crippen LogP contribution is -2.35. The van der Waals surface area contributed by atoms with Gasteiger partial charge in [0.05, 0.1) is 11.0 Å². The number of benzene rings is 1. The van der Waals surface area contributed by atoms with Crippen molar-refractivity contribution in [1.29, 1.82) is 0 Å². The number of nitrogen functional groups attached to an aromatic ring is 1. The first kappa shape index (κ1) is 13.2. The molecule has 19 heavy (non-hydrogen) atoms. The van der Waals surface area contributed by atoms with E-state index in [2.05, 4.69) is 9.97 Å². The Labute approximate surface area is 113 Å². The SMILES string of the molecule is NC(=O)NC(=O)CCSc1nc2ccc(N)cc2[nH]1. The second kappa shape index (κ2) is 5.61. The van der Waals surface area contributed by atoms with Crippen LogP contribution in [-0.2, 0) is 4.79 Å². The highest BCUT2D eigenvalue weighted by Crippen LogP contribution is 2.21. The Balaban J connectivity index is 1.91. The average molecular weight is 279 g/mol. The van der Waals surface area contributed by atoms with Crippen LogP contribution in [0.2, 0.25) is 0 Å². The van der Waals surface area contributed by atoms with Gasteiger partial charge in [-0.3, -0.25) is 10.1 Å². The van der Waals surface area contributed by atoms with E-state index in [1.807, 2.05) is 11.4 Å². The molecule has 0 atom stereocenters. The van der Waals surface area contributed by atoms with E-state index in [9.17, 15) is 9.59 Å². The van der Waals surface area contributed by atoms with Crippen LogP contribution >= 0.6 is 11.8 Å². The summed E-state index contributed by atoms with van der Waals surface area (Å²) >= 11 is 1.39. The van der Waals surface area contributed by atoms with Crippen LogP contribution in [0.15, 0.2) is 23.4 Å². The molecule has 0 radical (unpaired) electrons. The number of hydrogen-bond donors (Lipinski definition) is 4. The van der Waals surface area contributed by atoms with Gasteiger partial charge in [0.15, 0.2) is 5.16 Å². The second-order valence-electron chi connectivity index (χ2n) is 3.83. The van der Waals surface area contributed by atoms with Crippen molar-refractivity contribution in [3.05, 3.63) is 18.2 Å². The van der Waals surface area contributed by atoms with Crippen LogP contribution in [0.3, 0.4) is 0 Å². The van der Waals surface area contributed by atoms with E-state index >= 15 is 0 Å². The lowest BCUT2D eigenvalue weighted by Gasteiger charge is -1.98. The van der Waals surface area contributed by atoms with Crippen molar-refractivity contribution in [2.75, 3.05) is 11.5 Å². The highest BCUT2D eigenvalue weighted by atomic mass is 32.2. The summed E-state index contributed by atoms with van der Waals surface area (Å²) in [5.74, 6) is 0.0920. The fourth-order valence-electron chi connectivity index (χ4n) is 1.51. The Kier molecular flexibility index (Phi) is 3.91. The Morgan fingerprint density at radius 1 is 1.42 bits per heavy atom. The number of imidazole rings is 1. The van der Waals surface area contributed by atoms with Crippen molar-refractivity contribution in [3.63, 3.8) is 0 Å². The van der Waals surface area contributed by atoms with Gasteiger partial charge in [-0.05, 0) is 18.2 Å². The summed E-state index contributed by atoms with van der Waals surface area (Å²) in [6.45, 7) is 0. The molecule has 0 bridgehead atoms. The molecule has 0 aliphatic rings. The van der Waals surface area contributed by atoms with Crippen LogP contribution in [0.25, 0.3) is 11.0 Å². The Bertz CT molecular complexity index is 625. The lowest BCUT2D eigenvalue weighted by atomic mass is 10.3. The normalized spacial score (nSPS) is 10.5. The molecule has 7 nitrogen and oxygen atoms in total. The monoisotopic (exact) mass is 279 g/mol. The van der Waals surface area contributed by atoms with Gasteiger partial charge < -0.3 is 16.5 Å². The third-order valence-electron chi connectivity index (χ3n) is 2.31. The van der Waals surface area contributed by atoms with E-state index in [4.69, 9.17) is 11.5 Å². The highest BCUT2D eigenvalue weighted by Gasteiger charge is 2.07. The number of primary amides is 1. The van der Waals surface area contributed by atoms with Crippen LogP contribution < -0.4 is 16.8 Å². The first-order valence-electron chi connectivity index (χ1n) is 5.52. The molecular weight excluding hydrogens is 266 g/mol. The van der Waals surface area contributed by atoms with Crippen molar-refractivity contribution in [2.45, 2.75) is 11.6 Å². The van der Waals surface area contributed by atoms with Gasteiger partial charge in [0.1, 0.15) is 0 Å². The Hall–Kier alpha value is -2.22. The van der Waals surface area contributed by atoms with Gasteiger partial charge in [-0.25, -0.2) is 9.78 Å². The molecule has 6 N–H and O–H groups in total. The number of imide groups is 1. The number of urea groups is 1. The van der Waals surface area contributed by atoms with Gasteiger partial charge >= 0.3 is 6.03 Å². The van der Waals surface area contributed by atoms with Gasteiger partial charge in [-0.1, -0.05) is 11.8 Å². The summed E-state index contributed by atoms with van der Waals surface area (Å²) in [6, 6.07) is 4.56. The van der Waals surface area contributed by atoms with Crippen LogP contribution in [0.4, 0.5) is 10.5 Å². The summed E-state index contributed by atoms with van der Waals surface area (Å²) in [7, 11) is 0. The fraction of sp³-hybridized carbons (Fsp3) is 0.182. The molecule has 0 fully saturated rings. The van der Waals surface area contributed by atoms with E-state index in [-0.39, 0.29) is 6.42 Å². The lowest BCUT2D eigenvalue weighted by molar-refractivity contribution is -0.119. The fourth-order valence-corrected chi connectivity index (χ4v) is 2.34. The molecule has 0 unspecified atom stereocenters. The number of fused-ring (bicyclic) bond motifs is 1. The van der Waals surface area contributed by atoms with Gasteiger partial charge in [0.2, 0.25) is 5.91 Å². The number of H-pyrrole nitrogens is 1. The number of aromatic amines is 1. The molecule has 100 valence electrons. The number of amides is 3. The minimum absolute atomic E-state index is 0.187. The number of thioether (sulfide) groups is 1. The molecular formula is C11H13N5O2S. The Morgan fingerprint density at radius 3 is 2.95 bits per heavy atom. The molecule has 3 amide bonds. The maximum atomic E-state index is 11.2. The number of hydrogen-bond acceptors (Lipinski definition) is 5. The molecule has 0 spiro atoms. The number of anilines is 1. The number of nitrogens with zero attached hydrogens (tertiary/aromatic N) is 1. The standard InChI is InChI=1S/C11H13N5O2S/c12-6-1-2-7-8(5-6)15-11(14-7)19-4-3-9(17)16-10(13)18/h1-2,5H,3-4,12H2,(H,14,15)(H3,13,16,17,18). The highest BCUT2D eigenvalue weighted by molar-refractivity contribution is 7.99. The topological polar surface area (TPSA) is 127 Å². The molecule has 0 aliphatic carbocycles. The van der Waals surface area contributed by atoms with E-state index in [0.29, 0.717) is 16.6 Å². The first-order valence-corrected chi connectivity index (χ1v) is 6.50. The molecule has 2 rings (SSSR count). The second-order valence-corrected chi connectivity index (χ2v) is 4.91. The van der Waals surface area contributed by atoms with Crippen molar-refractivity contribution in [2.24, 2.45) is 5.73 Å². The predicted octanol–water partition coefficient (Wildman–Crippen LogP) is 0.822. The molecule has 8 heteroatoms. The summed E-state index contributed by atoms with van der Waals surface area (Å²) in [4.78, 5) is 29.1. The van der Waals surface area contributed by atoms with Crippen LogP contribution in [-0.4, -0.2) is 27.7 Å². The molecule has 0 aliphatic heterocycles. The van der Waals surface area contributed by atoms with Gasteiger partial charge in [0, 0.05) is 17.9 Å².